The van der Waals surface area contributed by atoms with Gasteiger partial charge < -0.3 is 14.5 Å². The molecule has 0 saturated carbocycles. The molecule has 2 fully saturated rings. The van der Waals surface area contributed by atoms with Gasteiger partial charge in [-0.15, -0.1) is 0 Å². The molecular weight excluding hydrogens is 300 g/mol. The van der Waals surface area contributed by atoms with E-state index in [-0.39, 0.29) is 5.91 Å². The first kappa shape index (κ1) is 17.4. The standard InChI is InChI=1S/C20H30N2O2/c1-15-4-5-19(16(2)14-15)20(23)22-10-6-17(7-11-22)21-12-8-18(24-3)9-13-21/h4-5,14,17-18H,6-13H2,1-3H3. The minimum atomic E-state index is 0.198. The summed E-state index contributed by atoms with van der Waals surface area (Å²) in [4.78, 5) is 17.4. The van der Waals surface area contributed by atoms with Crippen LogP contribution in [-0.4, -0.2) is 61.1 Å². The summed E-state index contributed by atoms with van der Waals surface area (Å²) < 4.78 is 5.46. The van der Waals surface area contributed by atoms with E-state index in [1.807, 2.05) is 31.1 Å². The molecule has 1 amide bonds. The van der Waals surface area contributed by atoms with Crippen molar-refractivity contribution in [2.45, 2.75) is 51.7 Å². The number of rotatable bonds is 3. The molecule has 0 atom stereocenters. The monoisotopic (exact) mass is 330 g/mol. The highest BCUT2D eigenvalue weighted by Gasteiger charge is 2.30. The number of piperidine rings is 2. The zero-order chi connectivity index (χ0) is 17.1. The maximum Gasteiger partial charge on any atom is 0.254 e. The smallest absolute Gasteiger partial charge is 0.254 e. The minimum absolute atomic E-state index is 0.198. The highest BCUT2D eigenvalue weighted by Crippen LogP contribution is 2.23. The number of ether oxygens (including phenoxy) is 1. The van der Waals surface area contributed by atoms with Gasteiger partial charge in [-0.05, 0) is 51.2 Å². The molecule has 3 rings (SSSR count). The number of methoxy groups -OCH3 is 1. The van der Waals surface area contributed by atoms with E-state index >= 15 is 0 Å². The van der Waals surface area contributed by atoms with Crippen LogP contribution in [0.4, 0.5) is 0 Å². The molecule has 1 aromatic carbocycles. The number of hydrogen-bond donors (Lipinski definition) is 0. The number of carbonyl (C=O) groups excluding carboxylic acids is 1. The molecule has 0 N–H and O–H groups in total. The minimum Gasteiger partial charge on any atom is -0.381 e. The highest BCUT2D eigenvalue weighted by molar-refractivity contribution is 5.95. The van der Waals surface area contributed by atoms with Gasteiger partial charge in [0.1, 0.15) is 0 Å². The first-order valence-electron chi connectivity index (χ1n) is 9.22. The van der Waals surface area contributed by atoms with Gasteiger partial charge in [-0.25, -0.2) is 0 Å². The third kappa shape index (κ3) is 3.81. The van der Waals surface area contributed by atoms with E-state index in [1.165, 1.54) is 5.56 Å². The fourth-order valence-corrected chi connectivity index (χ4v) is 4.13. The second-order valence-electron chi connectivity index (χ2n) is 7.31. The molecule has 132 valence electrons. The summed E-state index contributed by atoms with van der Waals surface area (Å²) in [5, 5.41) is 0. The molecule has 0 spiro atoms. The van der Waals surface area contributed by atoms with Crippen molar-refractivity contribution in [1.82, 2.24) is 9.80 Å². The lowest BCUT2D eigenvalue weighted by molar-refractivity contribution is 0.0145. The summed E-state index contributed by atoms with van der Waals surface area (Å²) in [7, 11) is 1.82. The lowest BCUT2D eigenvalue weighted by atomic mass is 9.97. The maximum atomic E-state index is 12.8. The van der Waals surface area contributed by atoms with Gasteiger partial charge in [-0.2, -0.15) is 0 Å². The quantitative estimate of drug-likeness (QED) is 0.854. The number of carbonyl (C=O) groups is 1. The lowest BCUT2D eigenvalue weighted by Crippen LogP contribution is -2.49. The normalized spacial score (nSPS) is 21.2. The Labute approximate surface area is 145 Å². The molecule has 4 nitrogen and oxygen atoms in total. The molecule has 0 aromatic heterocycles. The Kier molecular flexibility index (Phi) is 5.57. The van der Waals surface area contributed by atoms with E-state index in [9.17, 15) is 4.79 Å². The highest BCUT2D eigenvalue weighted by atomic mass is 16.5. The van der Waals surface area contributed by atoms with Gasteiger partial charge in [-0.3, -0.25) is 4.79 Å². The summed E-state index contributed by atoms with van der Waals surface area (Å²) in [6.45, 7) is 8.12. The second-order valence-corrected chi connectivity index (χ2v) is 7.31. The van der Waals surface area contributed by atoms with Crippen LogP contribution in [0.5, 0.6) is 0 Å². The molecule has 2 heterocycles. The molecule has 1 aromatic rings. The molecule has 0 radical (unpaired) electrons. The maximum absolute atomic E-state index is 12.8. The molecule has 0 aliphatic carbocycles. The van der Waals surface area contributed by atoms with Gasteiger partial charge in [-0.1, -0.05) is 17.7 Å². The molecule has 4 heteroatoms. The van der Waals surface area contributed by atoms with Crippen LogP contribution in [0.25, 0.3) is 0 Å². The Morgan fingerprint density at radius 1 is 1.04 bits per heavy atom. The molecule has 2 aliphatic rings. The first-order chi connectivity index (χ1) is 11.6. The Hall–Kier alpha value is -1.39. The predicted octanol–water partition coefficient (Wildman–Crippen LogP) is 3.02. The van der Waals surface area contributed by atoms with Crippen LogP contribution in [0.15, 0.2) is 18.2 Å². The average Bonchev–Trinajstić information content (AvgIpc) is 2.61. The van der Waals surface area contributed by atoms with Crippen LogP contribution in [0, 0.1) is 13.8 Å². The van der Waals surface area contributed by atoms with E-state index in [0.29, 0.717) is 12.1 Å². The summed E-state index contributed by atoms with van der Waals surface area (Å²) in [6, 6.07) is 6.74. The van der Waals surface area contributed by atoms with Crippen molar-refractivity contribution in [3.05, 3.63) is 34.9 Å². The van der Waals surface area contributed by atoms with E-state index in [4.69, 9.17) is 4.74 Å². The van der Waals surface area contributed by atoms with Gasteiger partial charge in [0.25, 0.3) is 5.91 Å². The Morgan fingerprint density at radius 2 is 1.71 bits per heavy atom. The van der Waals surface area contributed by atoms with Crippen molar-refractivity contribution in [2.75, 3.05) is 33.3 Å². The van der Waals surface area contributed by atoms with Gasteiger partial charge in [0.05, 0.1) is 6.10 Å². The molecule has 2 aliphatic heterocycles. The molecule has 24 heavy (non-hydrogen) atoms. The molecule has 2 saturated heterocycles. The van der Waals surface area contributed by atoms with Gasteiger partial charge in [0, 0.05) is 44.9 Å². The van der Waals surface area contributed by atoms with Crippen LogP contribution >= 0.6 is 0 Å². The van der Waals surface area contributed by atoms with E-state index in [0.717, 1.165) is 63.0 Å². The van der Waals surface area contributed by atoms with Crippen molar-refractivity contribution in [3.8, 4) is 0 Å². The topological polar surface area (TPSA) is 32.8 Å². The Balaban J connectivity index is 1.54. The SMILES string of the molecule is COC1CCN(C2CCN(C(=O)c3ccc(C)cc3C)CC2)CC1. The number of likely N-dealkylation sites (tertiary alicyclic amines) is 2. The van der Waals surface area contributed by atoms with Crippen molar-refractivity contribution >= 4 is 5.91 Å². The van der Waals surface area contributed by atoms with Crippen LogP contribution in [-0.2, 0) is 4.74 Å². The first-order valence-corrected chi connectivity index (χ1v) is 9.22. The van der Waals surface area contributed by atoms with E-state index in [1.54, 1.807) is 0 Å². The molecule has 0 unspecified atom stereocenters. The number of benzene rings is 1. The van der Waals surface area contributed by atoms with Crippen molar-refractivity contribution < 1.29 is 9.53 Å². The molecular formula is C20H30N2O2. The number of aryl methyl sites for hydroxylation is 2. The number of hydrogen-bond acceptors (Lipinski definition) is 3. The zero-order valence-electron chi connectivity index (χ0n) is 15.3. The van der Waals surface area contributed by atoms with Crippen molar-refractivity contribution in [2.24, 2.45) is 0 Å². The summed E-state index contributed by atoms with van der Waals surface area (Å²) >= 11 is 0. The summed E-state index contributed by atoms with van der Waals surface area (Å²) in [6.07, 6.45) is 4.89. The molecule has 0 bridgehead atoms. The average molecular weight is 330 g/mol. The fourth-order valence-electron chi connectivity index (χ4n) is 4.13. The van der Waals surface area contributed by atoms with Crippen LogP contribution in [0.2, 0.25) is 0 Å². The fraction of sp³-hybridized carbons (Fsp3) is 0.650. The lowest BCUT2D eigenvalue weighted by Gasteiger charge is -2.41. The summed E-state index contributed by atoms with van der Waals surface area (Å²) in [5.41, 5.74) is 3.16. The Bertz CT molecular complexity index is 571. The summed E-state index contributed by atoms with van der Waals surface area (Å²) in [5.74, 6) is 0.198. The van der Waals surface area contributed by atoms with Crippen molar-refractivity contribution in [1.29, 1.82) is 0 Å². The van der Waals surface area contributed by atoms with Crippen LogP contribution in [0.1, 0.15) is 47.2 Å². The van der Waals surface area contributed by atoms with E-state index in [2.05, 4.69) is 17.9 Å². The van der Waals surface area contributed by atoms with Crippen LogP contribution in [0.3, 0.4) is 0 Å². The number of amides is 1. The van der Waals surface area contributed by atoms with Gasteiger partial charge >= 0.3 is 0 Å². The third-order valence-corrected chi connectivity index (χ3v) is 5.69. The van der Waals surface area contributed by atoms with Gasteiger partial charge in [0.2, 0.25) is 0 Å². The second kappa shape index (κ2) is 7.66. The van der Waals surface area contributed by atoms with Gasteiger partial charge in [0.15, 0.2) is 0 Å². The van der Waals surface area contributed by atoms with E-state index < -0.39 is 0 Å². The zero-order valence-corrected chi connectivity index (χ0v) is 15.3. The van der Waals surface area contributed by atoms with Crippen molar-refractivity contribution in [3.63, 3.8) is 0 Å². The number of nitrogens with zero attached hydrogens (tertiary/aromatic N) is 2. The largest absolute Gasteiger partial charge is 0.381 e. The Morgan fingerprint density at radius 3 is 2.29 bits per heavy atom. The predicted molar refractivity (Wildman–Crippen MR) is 96.4 cm³/mol. The third-order valence-electron chi connectivity index (χ3n) is 5.69. The van der Waals surface area contributed by atoms with Crippen LogP contribution < -0.4 is 0 Å².